The second-order valence-corrected chi connectivity index (χ2v) is 6.84. The van der Waals surface area contributed by atoms with E-state index in [0.29, 0.717) is 17.3 Å². The van der Waals surface area contributed by atoms with Crippen molar-refractivity contribution in [3.05, 3.63) is 64.3 Å². The van der Waals surface area contributed by atoms with Gasteiger partial charge in [0, 0.05) is 29.5 Å². The summed E-state index contributed by atoms with van der Waals surface area (Å²) in [5.74, 6) is 0.805. The quantitative estimate of drug-likeness (QED) is 0.649. The van der Waals surface area contributed by atoms with Gasteiger partial charge in [0.05, 0.1) is 7.11 Å². The fraction of sp³-hybridized carbons (Fsp3) is 0.286. The molecule has 136 valence electrons. The van der Waals surface area contributed by atoms with Crippen molar-refractivity contribution in [2.24, 2.45) is 7.05 Å². The topological polar surface area (TPSA) is 43.3 Å². The number of methoxy groups -OCH3 is 1. The van der Waals surface area contributed by atoms with Gasteiger partial charge in [0.15, 0.2) is 0 Å². The van der Waals surface area contributed by atoms with Crippen molar-refractivity contribution in [2.75, 3.05) is 13.7 Å². The van der Waals surface area contributed by atoms with Crippen LogP contribution in [0.4, 0.5) is 0 Å². The van der Waals surface area contributed by atoms with Gasteiger partial charge in [-0.25, -0.2) is 0 Å². The number of carbonyl (C=O) groups is 1. The second kappa shape index (κ2) is 7.83. The number of halogens is 1. The standard InChI is InChI=1S/C21H23ClN2O2/c1-14-18-13-16(22)9-10-19(18)24(2)20(14)21(25)23-11-5-7-15-6-4-8-17(12-15)26-3/h4,6,8-10,12-13H,5,7,11H2,1-3H3,(H,23,25). The number of fused-ring (bicyclic) bond motifs is 1. The van der Waals surface area contributed by atoms with E-state index < -0.39 is 0 Å². The number of rotatable bonds is 6. The molecule has 3 aromatic rings. The van der Waals surface area contributed by atoms with Gasteiger partial charge >= 0.3 is 0 Å². The summed E-state index contributed by atoms with van der Waals surface area (Å²) in [5, 5.41) is 4.72. The van der Waals surface area contributed by atoms with E-state index in [1.165, 1.54) is 5.56 Å². The van der Waals surface area contributed by atoms with Crippen LogP contribution in [0.3, 0.4) is 0 Å². The van der Waals surface area contributed by atoms with Gasteiger partial charge in [0.25, 0.3) is 5.91 Å². The lowest BCUT2D eigenvalue weighted by Crippen LogP contribution is -2.27. The number of benzene rings is 2. The normalized spacial score (nSPS) is 10.9. The van der Waals surface area contributed by atoms with Gasteiger partial charge in [-0.15, -0.1) is 0 Å². The molecule has 0 aliphatic rings. The summed E-state index contributed by atoms with van der Waals surface area (Å²) in [6, 6.07) is 13.7. The molecule has 0 atom stereocenters. The highest BCUT2D eigenvalue weighted by atomic mass is 35.5. The smallest absolute Gasteiger partial charge is 0.268 e. The minimum Gasteiger partial charge on any atom is -0.497 e. The number of nitrogens with zero attached hydrogens (tertiary/aromatic N) is 1. The number of ether oxygens (including phenoxy) is 1. The van der Waals surface area contributed by atoms with E-state index in [4.69, 9.17) is 16.3 Å². The molecule has 0 aliphatic carbocycles. The molecule has 0 unspecified atom stereocenters. The molecule has 1 amide bonds. The van der Waals surface area contributed by atoms with Gasteiger partial charge in [-0.3, -0.25) is 4.79 Å². The van der Waals surface area contributed by atoms with Gasteiger partial charge in [0.1, 0.15) is 11.4 Å². The Balaban J connectivity index is 1.64. The van der Waals surface area contributed by atoms with Crippen LogP contribution in [0.25, 0.3) is 10.9 Å². The van der Waals surface area contributed by atoms with E-state index in [0.717, 1.165) is 35.1 Å². The fourth-order valence-corrected chi connectivity index (χ4v) is 3.50. The van der Waals surface area contributed by atoms with Crippen molar-refractivity contribution in [2.45, 2.75) is 19.8 Å². The first-order valence-electron chi connectivity index (χ1n) is 8.67. The SMILES string of the molecule is COc1cccc(CCCNC(=O)c2c(C)c3cc(Cl)ccc3n2C)c1. The zero-order chi connectivity index (χ0) is 18.7. The van der Waals surface area contributed by atoms with Crippen LogP contribution in [-0.2, 0) is 13.5 Å². The zero-order valence-electron chi connectivity index (χ0n) is 15.3. The van der Waals surface area contributed by atoms with E-state index in [1.54, 1.807) is 7.11 Å². The predicted octanol–water partition coefficient (Wildman–Crippen LogP) is 4.51. The Hall–Kier alpha value is -2.46. The molecule has 2 aromatic carbocycles. The molecule has 26 heavy (non-hydrogen) atoms. The van der Waals surface area contributed by atoms with E-state index >= 15 is 0 Å². The van der Waals surface area contributed by atoms with E-state index in [-0.39, 0.29) is 5.91 Å². The monoisotopic (exact) mass is 370 g/mol. The number of carbonyl (C=O) groups excluding carboxylic acids is 1. The molecule has 0 aliphatic heterocycles. The van der Waals surface area contributed by atoms with Crippen molar-refractivity contribution < 1.29 is 9.53 Å². The summed E-state index contributed by atoms with van der Waals surface area (Å²) < 4.78 is 7.17. The highest BCUT2D eigenvalue weighted by Crippen LogP contribution is 2.27. The highest BCUT2D eigenvalue weighted by molar-refractivity contribution is 6.31. The maximum Gasteiger partial charge on any atom is 0.268 e. The van der Waals surface area contributed by atoms with Gasteiger partial charge in [0.2, 0.25) is 0 Å². The summed E-state index contributed by atoms with van der Waals surface area (Å²) in [4.78, 5) is 12.7. The van der Waals surface area contributed by atoms with Gasteiger partial charge in [-0.2, -0.15) is 0 Å². The maximum atomic E-state index is 12.7. The summed E-state index contributed by atoms with van der Waals surface area (Å²) in [6.07, 6.45) is 1.76. The minimum atomic E-state index is -0.0528. The van der Waals surface area contributed by atoms with Crippen LogP contribution in [0.1, 0.15) is 28.0 Å². The van der Waals surface area contributed by atoms with Crippen molar-refractivity contribution in [3.63, 3.8) is 0 Å². The molecule has 0 fully saturated rings. The third-order valence-corrected chi connectivity index (χ3v) is 4.93. The Bertz CT molecular complexity index is 947. The van der Waals surface area contributed by atoms with Gasteiger partial charge in [-0.05, 0) is 61.2 Å². The first-order valence-corrected chi connectivity index (χ1v) is 9.04. The van der Waals surface area contributed by atoms with Crippen molar-refractivity contribution in [3.8, 4) is 5.75 Å². The molecule has 0 saturated heterocycles. The molecule has 0 saturated carbocycles. The molecular weight excluding hydrogens is 348 g/mol. The van der Waals surface area contributed by atoms with Crippen LogP contribution in [0.15, 0.2) is 42.5 Å². The number of aryl methyl sites for hydroxylation is 3. The summed E-state index contributed by atoms with van der Waals surface area (Å²) in [7, 11) is 3.58. The third-order valence-electron chi connectivity index (χ3n) is 4.69. The van der Waals surface area contributed by atoms with Crippen LogP contribution >= 0.6 is 11.6 Å². The summed E-state index contributed by atoms with van der Waals surface area (Å²) in [5.41, 5.74) is 3.85. The first-order chi connectivity index (χ1) is 12.5. The summed E-state index contributed by atoms with van der Waals surface area (Å²) in [6.45, 7) is 2.58. The largest absolute Gasteiger partial charge is 0.497 e. The van der Waals surface area contributed by atoms with Crippen LogP contribution in [0.5, 0.6) is 5.75 Å². The van der Waals surface area contributed by atoms with E-state index in [2.05, 4.69) is 11.4 Å². The predicted molar refractivity (Wildman–Crippen MR) is 106 cm³/mol. The second-order valence-electron chi connectivity index (χ2n) is 6.41. The molecule has 4 nitrogen and oxygen atoms in total. The van der Waals surface area contributed by atoms with Gasteiger partial charge < -0.3 is 14.6 Å². The molecule has 5 heteroatoms. The van der Waals surface area contributed by atoms with Crippen molar-refractivity contribution in [1.29, 1.82) is 0 Å². The fourth-order valence-electron chi connectivity index (χ4n) is 3.33. The highest BCUT2D eigenvalue weighted by Gasteiger charge is 2.18. The average molecular weight is 371 g/mol. The molecule has 0 radical (unpaired) electrons. The van der Waals surface area contributed by atoms with Crippen LogP contribution in [-0.4, -0.2) is 24.1 Å². The molecule has 0 spiro atoms. The number of hydrogen-bond acceptors (Lipinski definition) is 2. The first kappa shape index (κ1) is 18.3. The Labute approximate surface area is 158 Å². The lowest BCUT2D eigenvalue weighted by molar-refractivity contribution is 0.0945. The third kappa shape index (κ3) is 3.70. The van der Waals surface area contributed by atoms with Crippen molar-refractivity contribution >= 4 is 28.4 Å². The Morgan fingerprint density at radius 3 is 2.81 bits per heavy atom. The average Bonchev–Trinajstić information content (AvgIpc) is 2.89. The molecule has 3 rings (SSSR count). The zero-order valence-corrected chi connectivity index (χ0v) is 16.1. The van der Waals surface area contributed by atoms with E-state index in [1.807, 2.05) is 54.9 Å². The summed E-state index contributed by atoms with van der Waals surface area (Å²) >= 11 is 6.10. The number of aromatic nitrogens is 1. The van der Waals surface area contributed by atoms with E-state index in [9.17, 15) is 4.79 Å². The van der Waals surface area contributed by atoms with Crippen LogP contribution < -0.4 is 10.1 Å². The minimum absolute atomic E-state index is 0.0528. The Kier molecular flexibility index (Phi) is 5.52. The number of hydrogen-bond donors (Lipinski definition) is 1. The molecular formula is C21H23ClN2O2. The Morgan fingerprint density at radius 2 is 2.04 bits per heavy atom. The lowest BCUT2D eigenvalue weighted by Gasteiger charge is -2.08. The van der Waals surface area contributed by atoms with Crippen LogP contribution in [0.2, 0.25) is 5.02 Å². The molecule has 1 heterocycles. The number of nitrogens with one attached hydrogen (secondary N) is 1. The molecule has 1 N–H and O–H groups in total. The number of amides is 1. The van der Waals surface area contributed by atoms with Gasteiger partial charge in [-0.1, -0.05) is 23.7 Å². The maximum absolute atomic E-state index is 12.7. The van der Waals surface area contributed by atoms with Crippen LogP contribution in [0, 0.1) is 6.92 Å². The molecule has 1 aromatic heterocycles. The van der Waals surface area contributed by atoms with Crippen molar-refractivity contribution in [1.82, 2.24) is 9.88 Å². The lowest BCUT2D eigenvalue weighted by atomic mass is 10.1. The molecule has 0 bridgehead atoms. The Morgan fingerprint density at radius 1 is 1.23 bits per heavy atom.